The Balaban J connectivity index is 2.90. The minimum Gasteiger partial charge on any atom is -0.396 e. The average Bonchev–Trinajstić information content (AvgIpc) is 2.31. The molecule has 0 radical (unpaired) electrons. The lowest BCUT2D eigenvalue weighted by molar-refractivity contribution is 0.289. The first-order valence-corrected chi connectivity index (χ1v) is 5.95. The normalized spacial score (nSPS) is 10.5. The molecule has 0 aliphatic heterocycles. The molecule has 0 saturated heterocycles. The third-order valence-electron chi connectivity index (χ3n) is 2.57. The van der Waals surface area contributed by atoms with Crippen LogP contribution in [0, 0.1) is 0 Å². The van der Waals surface area contributed by atoms with Gasteiger partial charge in [0.05, 0.1) is 0 Å². The average molecular weight is 243 g/mol. The lowest BCUT2D eigenvalue weighted by Crippen LogP contribution is -2.26. The van der Waals surface area contributed by atoms with Crippen molar-refractivity contribution in [2.24, 2.45) is 5.73 Å². The maximum atomic E-state index is 8.86. The van der Waals surface area contributed by atoms with Crippen molar-refractivity contribution in [3.05, 3.63) is 28.8 Å². The zero-order chi connectivity index (χ0) is 12.0. The summed E-state index contributed by atoms with van der Waals surface area (Å²) < 4.78 is 0. The molecule has 0 heterocycles. The van der Waals surface area contributed by atoms with Crippen LogP contribution >= 0.6 is 11.6 Å². The monoisotopic (exact) mass is 242 g/mol. The molecule has 1 aromatic rings. The molecular formula is C12H19ClN2O. The molecule has 0 fully saturated rings. The summed E-state index contributed by atoms with van der Waals surface area (Å²) >= 11 is 5.93. The molecule has 90 valence electrons. The predicted molar refractivity (Wildman–Crippen MR) is 68.9 cm³/mol. The molecule has 0 bridgehead atoms. The summed E-state index contributed by atoms with van der Waals surface area (Å²) in [7, 11) is 0. The van der Waals surface area contributed by atoms with E-state index >= 15 is 0 Å². The Morgan fingerprint density at radius 2 is 2.19 bits per heavy atom. The molecular weight excluding hydrogens is 224 g/mol. The largest absolute Gasteiger partial charge is 0.396 e. The van der Waals surface area contributed by atoms with Crippen molar-refractivity contribution in [2.75, 3.05) is 24.6 Å². The second kappa shape index (κ2) is 6.74. The molecule has 1 rings (SSSR count). The van der Waals surface area contributed by atoms with Gasteiger partial charge in [-0.3, -0.25) is 0 Å². The molecule has 0 aliphatic rings. The van der Waals surface area contributed by atoms with Crippen LogP contribution in [0.25, 0.3) is 0 Å². The summed E-state index contributed by atoms with van der Waals surface area (Å²) in [6.45, 7) is 4.51. The van der Waals surface area contributed by atoms with E-state index in [1.54, 1.807) is 0 Å². The molecule has 0 unspecified atom stereocenters. The minimum absolute atomic E-state index is 0.210. The first-order chi connectivity index (χ1) is 7.72. The minimum atomic E-state index is 0.210. The number of aliphatic hydroxyl groups excluding tert-OH is 1. The molecule has 1 aromatic carbocycles. The highest BCUT2D eigenvalue weighted by Crippen LogP contribution is 2.24. The molecule has 0 aromatic heterocycles. The first kappa shape index (κ1) is 13.3. The number of hydrogen-bond acceptors (Lipinski definition) is 3. The highest BCUT2D eigenvalue weighted by Gasteiger charge is 2.08. The van der Waals surface area contributed by atoms with E-state index in [9.17, 15) is 0 Å². The van der Waals surface area contributed by atoms with Crippen molar-refractivity contribution in [2.45, 2.75) is 19.9 Å². The zero-order valence-electron chi connectivity index (χ0n) is 9.62. The summed E-state index contributed by atoms with van der Waals surface area (Å²) in [5.41, 5.74) is 7.87. The predicted octanol–water partition coefficient (Wildman–Crippen LogP) is 2.01. The van der Waals surface area contributed by atoms with Crippen molar-refractivity contribution >= 4 is 17.3 Å². The lowest BCUT2D eigenvalue weighted by Gasteiger charge is -2.25. The Hall–Kier alpha value is -0.770. The summed E-state index contributed by atoms with van der Waals surface area (Å²) in [6.07, 6.45) is 0.764. The number of aliphatic hydroxyl groups is 1. The van der Waals surface area contributed by atoms with Gasteiger partial charge >= 0.3 is 0 Å². The van der Waals surface area contributed by atoms with E-state index < -0.39 is 0 Å². The lowest BCUT2D eigenvalue weighted by atomic mass is 10.1. The fourth-order valence-electron chi connectivity index (χ4n) is 1.74. The highest BCUT2D eigenvalue weighted by molar-refractivity contribution is 6.30. The van der Waals surface area contributed by atoms with Crippen LogP contribution in [-0.4, -0.2) is 24.8 Å². The third-order valence-corrected chi connectivity index (χ3v) is 2.81. The van der Waals surface area contributed by atoms with Gasteiger partial charge in [0.2, 0.25) is 0 Å². The SMILES string of the molecule is CCN(CCCO)c1ccc(Cl)cc1CN. The van der Waals surface area contributed by atoms with Gasteiger partial charge in [0.1, 0.15) is 0 Å². The van der Waals surface area contributed by atoms with E-state index in [0.717, 1.165) is 30.8 Å². The topological polar surface area (TPSA) is 49.5 Å². The fourth-order valence-corrected chi connectivity index (χ4v) is 1.93. The Morgan fingerprint density at radius 1 is 1.44 bits per heavy atom. The Morgan fingerprint density at radius 3 is 2.75 bits per heavy atom. The van der Waals surface area contributed by atoms with Crippen molar-refractivity contribution in [1.29, 1.82) is 0 Å². The number of benzene rings is 1. The first-order valence-electron chi connectivity index (χ1n) is 5.57. The molecule has 0 saturated carbocycles. The second-order valence-electron chi connectivity index (χ2n) is 3.63. The summed E-state index contributed by atoms with van der Waals surface area (Å²) in [4.78, 5) is 2.20. The van der Waals surface area contributed by atoms with E-state index in [0.29, 0.717) is 11.6 Å². The van der Waals surface area contributed by atoms with Crippen LogP contribution in [-0.2, 0) is 6.54 Å². The highest BCUT2D eigenvalue weighted by atomic mass is 35.5. The van der Waals surface area contributed by atoms with E-state index in [4.69, 9.17) is 22.4 Å². The molecule has 0 spiro atoms. The second-order valence-corrected chi connectivity index (χ2v) is 4.07. The maximum Gasteiger partial charge on any atom is 0.0447 e. The van der Waals surface area contributed by atoms with E-state index in [-0.39, 0.29) is 6.61 Å². The fraction of sp³-hybridized carbons (Fsp3) is 0.500. The van der Waals surface area contributed by atoms with Gasteiger partial charge in [-0.15, -0.1) is 0 Å². The molecule has 0 atom stereocenters. The van der Waals surface area contributed by atoms with Crippen LogP contribution in [0.4, 0.5) is 5.69 Å². The number of nitrogens with zero attached hydrogens (tertiary/aromatic N) is 1. The van der Waals surface area contributed by atoms with Crippen LogP contribution < -0.4 is 10.6 Å². The number of nitrogens with two attached hydrogens (primary N) is 1. The zero-order valence-corrected chi connectivity index (χ0v) is 10.4. The van der Waals surface area contributed by atoms with E-state index in [1.807, 2.05) is 18.2 Å². The quantitative estimate of drug-likeness (QED) is 0.802. The van der Waals surface area contributed by atoms with Gasteiger partial charge in [-0.05, 0) is 37.1 Å². The Labute approximate surface area is 102 Å². The van der Waals surface area contributed by atoms with Gasteiger partial charge in [0.15, 0.2) is 0 Å². The van der Waals surface area contributed by atoms with Crippen molar-refractivity contribution in [1.82, 2.24) is 0 Å². The molecule has 3 N–H and O–H groups in total. The molecule has 16 heavy (non-hydrogen) atoms. The number of halogens is 1. The number of hydrogen-bond donors (Lipinski definition) is 2. The smallest absolute Gasteiger partial charge is 0.0447 e. The third kappa shape index (κ3) is 3.37. The van der Waals surface area contributed by atoms with E-state index in [2.05, 4.69) is 11.8 Å². The maximum absolute atomic E-state index is 8.86. The van der Waals surface area contributed by atoms with Crippen LogP contribution in [0.1, 0.15) is 18.9 Å². The van der Waals surface area contributed by atoms with Gasteiger partial charge in [-0.25, -0.2) is 0 Å². The summed E-state index contributed by atoms with van der Waals surface area (Å²) in [5.74, 6) is 0. The number of anilines is 1. The van der Waals surface area contributed by atoms with Crippen molar-refractivity contribution in [3.8, 4) is 0 Å². The molecule has 4 heteroatoms. The van der Waals surface area contributed by atoms with Crippen molar-refractivity contribution in [3.63, 3.8) is 0 Å². The summed E-state index contributed by atoms with van der Waals surface area (Å²) in [6, 6.07) is 5.77. The van der Waals surface area contributed by atoms with E-state index in [1.165, 1.54) is 0 Å². The van der Waals surface area contributed by atoms with Crippen LogP contribution in [0.15, 0.2) is 18.2 Å². The molecule has 3 nitrogen and oxygen atoms in total. The Kier molecular flexibility index (Phi) is 5.60. The van der Waals surface area contributed by atoms with Gasteiger partial charge in [-0.1, -0.05) is 11.6 Å². The Bertz CT molecular complexity index is 331. The van der Waals surface area contributed by atoms with Crippen LogP contribution in [0.5, 0.6) is 0 Å². The van der Waals surface area contributed by atoms with Crippen molar-refractivity contribution < 1.29 is 5.11 Å². The van der Waals surface area contributed by atoms with Gasteiger partial charge in [0, 0.05) is 37.0 Å². The summed E-state index contributed by atoms with van der Waals surface area (Å²) in [5, 5.41) is 9.57. The van der Waals surface area contributed by atoms with Crippen LogP contribution in [0.2, 0.25) is 5.02 Å². The molecule has 0 aliphatic carbocycles. The van der Waals surface area contributed by atoms with Gasteiger partial charge < -0.3 is 15.7 Å². The standard InChI is InChI=1S/C12H19ClN2O/c1-2-15(6-3-7-16)12-5-4-11(13)8-10(12)9-14/h4-5,8,16H,2-3,6-7,9,14H2,1H3. The van der Waals surface area contributed by atoms with Crippen LogP contribution in [0.3, 0.4) is 0 Å². The molecule has 0 amide bonds. The number of rotatable bonds is 6. The van der Waals surface area contributed by atoms with Gasteiger partial charge in [0.25, 0.3) is 0 Å². The van der Waals surface area contributed by atoms with Gasteiger partial charge in [-0.2, -0.15) is 0 Å².